The van der Waals surface area contributed by atoms with Crippen LogP contribution in [-0.4, -0.2) is 17.9 Å². The molecule has 140 valence electrons. The fraction of sp³-hybridized carbons (Fsp3) is 0.375. The number of hydrogen-bond acceptors (Lipinski definition) is 3. The van der Waals surface area contributed by atoms with Crippen LogP contribution in [0.4, 0.5) is 19.0 Å². The number of alkyl halides is 3. The third-order valence-corrected chi connectivity index (χ3v) is 7.82. The lowest BCUT2D eigenvalue weighted by Crippen LogP contribution is -2.29. The molecule has 0 saturated carbocycles. The Morgan fingerprint density at radius 3 is 2.12 bits per heavy atom. The van der Waals surface area contributed by atoms with Crippen molar-refractivity contribution < 1.29 is 13.2 Å². The van der Waals surface area contributed by atoms with E-state index in [2.05, 4.69) is 24.7 Å². The Bertz CT molecular complexity index is 872. The van der Waals surface area contributed by atoms with Gasteiger partial charge in [0.25, 0.3) is 0 Å². The third kappa shape index (κ3) is 3.70. The second-order valence-corrected chi connectivity index (χ2v) is 13.5. The van der Waals surface area contributed by atoms with E-state index in [1.54, 1.807) is 0 Å². The number of benzene rings is 1. The molecule has 0 bridgehead atoms. The van der Waals surface area contributed by atoms with Gasteiger partial charge in [0.15, 0.2) is 5.69 Å². The van der Waals surface area contributed by atoms with E-state index in [0.717, 1.165) is 16.8 Å². The Kier molecular flexibility index (Phi) is 5.39. The summed E-state index contributed by atoms with van der Waals surface area (Å²) in [6.07, 6.45) is -4.59. The molecule has 1 heterocycles. The number of nitriles is 1. The van der Waals surface area contributed by atoms with Crippen molar-refractivity contribution in [2.75, 3.05) is 5.73 Å². The molecule has 2 rings (SSSR count). The SMILES string of the molecule is CC(c1c(C#N)nn(-c2c(Cl)cc(C(F)(F)F)cc2Cl)c1N)[Si](C)(C)C. The maximum atomic E-state index is 12.9. The molecule has 0 saturated heterocycles. The third-order valence-electron chi connectivity index (χ3n) is 4.35. The quantitative estimate of drug-likeness (QED) is 0.653. The molecule has 2 N–H and O–H groups in total. The van der Waals surface area contributed by atoms with Gasteiger partial charge in [0.2, 0.25) is 0 Å². The highest BCUT2D eigenvalue weighted by molar-refractivity contribution is 6.77. The van der Waals surface area contributed by atoms with E-state index >= 15 is 0 Å². The van der Waals surface area contributed by atoms with Gasteiger partial charge in [-0.25, -0.2) is 4.68 Å². The molecule has 1 unspecified atom stereocenters. The molecule has 0 radical (unpaired) electrons. The lowest BCUT2D eigenvalue weighted by molar-refractivity contribution is -0.137. The molecule has 1 aromatic carbocycles. The van der Waals surface area contributed by atoms with E-state index in [4.69, 9.17) is 28.9 Å². The average molecular weight is 421 g/mol. The zero-order valence-corrected chi connectivity index (χ0v) is 17.1. The second-order valence-electron chi connectivity index (χ2n) is 7.05. The van der Waals surface area contributed by atoms with Crippen molar-refractivity contribution >= 4 is 37.1 Å². The average Bonchev–Trinajstić information content (AvgIpc) is 2.80. The number of nitrogen functional groups attached to an aromatic ring is 1. The lowest BCUT2D eigenvalue weighted by Gasteiger charge is -2.25. The van der Waals surface area contributed by atoms with Crippen molar-refractivity contribution in [3.8, 4) is 11.8 Å². The first-order chi connectivity index (χ1) is 11.8. The van der Waals surface area contributed by atoms with Crippen molar-refractivity contribution in [3.63, 3.8) is 0 Å². The minimum absolute atomic E-state index is 0.00195. The van der Waals surface area contributed by atoms with Crippen LogP contribution in [0.5, 0.6) is 0 Å². The van der Waals surface area contributed by atoms with Crippen molar-refractivity contribution in [1.29, 1.82) is 5.26 Å². The van der Waals surface area contributed by atoms with Crippen LogP contribution in [0.25, 0.3) is 5.69 Å². The maximum absolute atomic E-state index is 12.9. The fourth-order valence-corrected chi connectivity index (χ4v) is 4.29. The zero-order valence-electron chi connectivity index (χ0n) is 14.5. The molecule has 2 aromatic rings. The van der Waals surface area contributed by atoms with E-state index in [-0.39, 0.29) is 32.8 Å². The van der Waals surface area contributed by atoms with Crippen LogP contribution in [0.1, 0.15) is 29.3 Å². The van der Waals surface area contributed by atoms with Gasteiger partial charge in [-0.1, -0.05) is 49.8 Å². The van der Waals surface area contributed by atoms with Crippen LogP contribution in [0.15, 0.2) is 12.1 Å². The Labute approximate surface area is 160 Å². The number of anilines is 1. The molecule has 0 aliphatic rings. The van der Waals surface area contributed by atoms with Gasteiger partial charge >= 0.3 is 6.18 Å². The summed E-state index contributed by atoms with van der Waals surface area (Å²) in [5.74, 6) is 0.153. The summed E-state index contributed by atoms with van der Waals surface area (Å²) in [4.78, 5) is 0. The van der Waals surface area contributed by atoms with Crippen LogP contribution in [-0.2, 0) is 6.18 Å². The number of nitrogens with two attached hydrogens (primary N) is 1. The van der Waals surface area contributed by atoms with Gasteiger partial charge < -0.3 is 5.73 Å². The van der Waals surface area contributed by atoms with Crippen molar-refractivity contribution in [1.82, 2.24) is 9.78 Å². The van der Waals surface area contributed by atoms with E-state index in [9.17, 15) is 18.4 Å². The van der Waals surface area contributed by atoms with Crippen molar-refractivity contribution in [2.24, 2.45) is 0 Å². The Balaban J connectivity index is 2.72. The largest absolute Gasteiger partial charge is 0.416 e. The van der Waals surface area contributed by atoms with E-state index < -0.39 is 19.8 Å². The minimum atomic E-state index is -4.59. The van der Waals surface area contributed by atoms with E-state index in [1.165, 1.54) is 0 Å². The predicted molar refractivity (Wildman–Crippen MR) is 99.5 cm³/mol. The molecule has 0 fully saturated rings. The first kappa shape index (κ1) is 20.6. The molecule has 1 aromatic heterocycles. The summed E-state index contributed by atoms with van der Waals surface area (Å²) in [7, 11) is -1.73. The van der Waals surface area contributed by atoms with Gasteiger partial charge in [-0.3, -0.25) is 0 Å². The Hall–Kier alpha value is -1.69. The highest BCUT2D eigenvalue weighted by atomic mass is 35.5. The second kappa shape index (κ2) is 6.80. The van der Waals surface area contributed by atoms with Gasteiger partial charge in [0.1, 0.15) is 17.6 Å². The lowest BCUT2D eigenvalue weighted by atomic mass is 10.1. The molecule has 0 aliphatic carbocycles. The molecule has 0 spiro atoms. The van der Waals surface area contributed by atoms with Crippen LogP contribution >= 0.6 is 23.2 Å². The molecular formula is C16H17Cl2F3N4Si. The molecule has 26 heavy (non-hydrogen) atoms. The van der Waals surface area contributed by atoms with Gasteiger partial charge in [-0.05, 0) is 17.7 Å². The standard InChI is InChI=1S/C16H17Cl2F3N4Si/c1-8(26(2,3)4)13-12(7-22)24-25(15(13)23)14-10(17)5-9(6-11(14)18)16(19,20)21/h5-6,8H,23H2,1-4H3. The van der Waals surface area contributed by atoms with Gasteiger partial charge in [-0.2, -0.15) is 23.5 Å². The fourth-order valence-electron chi connectivity index (χ4n) is 2.49. The summed E-state index contributed by atoms with van der Waals surface area (Å²) < 4.78 is 39.9. The summed E-state index contributed by atoms with van der Waals surface area (Å²) >= 11 is 12.1. The normalized spacial score (nSPS) is 13.5. The van der Waals surface area contributed by atoms with E-state index in [0.29, 0.717) is 5.56 Å². The highest BCUT2D eigenvalue weighted by Crippen LogP contribution is 2.40. The van der Waals surface area contributed by atoms with Crippen molar-refractivity contribution in [2.45, 2.75) is 38.3 Å². The number of hydrogen-bond donors (Lipinski definition) is 1. The molecule has 0 aliphatic heterocycles. The van der Waals surface area contributed by atoms with Crippen LogP contribution in [0.3, 0.4) is 0 Å². The van der Waals surface area contributed by atoms with E-state index in [1.807, 2.05) is 13.0 Å². The first-order valence-corrected chi connectivity index (χ1v) is 12.0. The predicted octanol–water partition coefficient (Wildman–Crippen LogP) is 5.63. The van der Waals surface area contributed by atoms with Crippen LogP contribution in [0, 0.1) is 11.3 Å². The smallest absolute Gasteiger partial charge is 0.383 e. The first-order valence-electron chi connectivity index (χ1n) is 7.64. The molecular weight excluding hydrogens is 404 g/mol. The maximum Gasteiger partial charge on any atom is 0.416 e. The number of rotatable bonds is 3. The highest BCUT2D eigenvalue weighted by Gasteiger charge is 2.34. The number of halogens is 5. The van der Waals surface area contributed by atoms with Gasteiger partial charge in [0.05, 0.1) is 23.7 Å². The molecule has 4 nitrogen and oxygen atoms in total. The van der Waals surface area contributed by atoms with Crippen molar-refractivity contribution in [3.05, 3.63) is 39.0 Å². The zero-order chi connectivity index (χ0) is 20.0. The number of nitrogens with zero attached hydrogens (tertiary/aromatic N) is 3. The van der Waals surface area contributed by atoms with Gasteiger partial charge in [0, 0.05) is 5.56 Å². The van der Waals surface area contributed by atoms with Crippen LogP contribution in [0.2, 0.25) is 29.7 Å². The molecule has 1 atom stereocenters. The monoisotopic (exact) mass is 420 g/mol. The summed E-state index contributed by atoms with van der Waals surface area (Å²) in [6, 6.07) is 3.52. The summed E-state index contributed by atoms with van der Waals surface area (Å²) in [5.41, 5.74) is 5.93. The molecule has 0 amide bonds. The number of aromatic nitrogens is 2. The summed E-state index contributed by atoms with van der Waals surface area (Å²) in [5, 5.41) is 13.1. The van der Waals surface area contributed by atoms with Crippen LogP contribution < -0.4 is 5.73 Å². The molecule has 10 heteroatoms. The topological polar surface area (TPSA) is 67.6 Å². The Morgan fingerprint density at radius 2 is 1.73 bits per heavy atom. The Morgan fingerprint density at radius 1 is 1.23 bits per heavy atom. The summed E-state index contributed by atoms with van der Waals surface area (Å²) in [6.45, 7) is 8.32. The van der Waals surface area contributed by atoms with Gasteiger partial charge in [-0.15, -0.1) is 0 Å². The minimum Gasteiger partial charge on any atom is -0.383 e.